The highest BCUT2D eigenvalue weighted by atomic mass is 35.5. The van der Waals surface area contributed by atoms with Crippen molar-refractivity contribution in [1.29, 1.82) is 0 Å². The van der Waals surface area contributed by atoms with Gasteiger partial charge in [0.15, 0.2) is 0 Å². The number of nitrogens with zero attached hydrogens (tertiary/aromatic N) is 2. The van der Waals surface area contributed by atoms with E-state index in [1.165, 1.54) is 12.1 Å². The first-order valence-electron chi connectivity index (χ1n) is 8.93. The van der Waals surface area contributed by atoms with Crippen LogP contribution < -0.4 is 15.5 Å². The van der Waals surface area contributed by atoms with Gasteiger partial charge in [0, 0.05) is 48.9 Å². The zero-order valence-corrected chi connectivity index (χ0v) is 16.1. The van der Waals surface area contributed by atoms with Gasteiger partial charge in [-0.2, -0.15) is 0 Å². The first kappa shape index (κ1) is 20.3. The summed E-state index contributed by atoms with van der Waals surface area (Å²) in [7, 11) is 0. The number of benzene rings is 1. The van der Waals surface area contributed by atoms with Crippen molar-refractivity contribution in [3.05, 3.63) is 28.8 Å². The van der Waals surface area contributed by atoms with Crippen molar-refractivity contribution < 1.29 is 23.2 Å². The minimum absolute atomic E-state index is 0.0316. The van der Waals surface area contributed by atoms with Crippen molar-refractivity contribution in [2.75, 3.05) is 31.1 Å². The molecular formula is C18H21ClF2N4O3. The highest BCUT2D eigenvalue weighted by Crippen LogP contribution is 2.31. The van der Waals surface area contributed by atoms with Crippen LogP contribution in [0.25, 0.3) is 0 Å². The average Bonchev–Trinajstić information content (AvgIpc) is 2.92. The number of hydrogen-bond acceptors (Lipinski definition) is 4. The van der Waals surface area contributed by atoms with Gasteiger partial charge >= 0.3 is 6.03 Å². The second-order valence-corrected chi connectivity index (χ2v) is 7.52. The van der Waals surface area contributed by atoms with Crippen molar-refractivity contribution in [2.45, 2.75) is 31.7 Å². The predicted octanol–water partition coefficient (Wildman–Crippen LogP) is 2.30. The lowest BCUT2D eigenvalue weighted by Gasteiger charge is -2.36. The van der Waals surface area contributed by atoms with Crippen LogP contribution in [-0.4, -0.2) is 54.5 Å². The van der Waals surface area contributed by atoms with E-state index >= 15 is 0 Å². The molecule has 3 rings (SSSR count). The third-order valence-corrected chi connectivity index (χ3v) is 5.51. The molecule has 0 saturated carbocycles. The van der Waals surface area contributed by atoms with E-state index in [1.54, 1.807) is 17.9 Å². The third-order valence-electron chi connectivity index (χ3n) is 5.17. The van der Waals surface area contributed by atoms with Gasteiger partial charge in [0.1, 0.15) is 5.54 Å². The van der Waals surface area contributed by atoms with Gasteiger partial charge < -0.3 is 15.1 Å². The van der Waals surface area contributed by atoms with Crippen LogP contribution in [0.4, 0.5) is 19.3 Å². The summed E-state index contributed by atoms with van der Waals surface area (Å²) in [6, 6.07) is 3.97. The number of hydrogen-bond donors (Lipinski definition) is 2. The fraction of sp³-hybridized carbons (Fsp3) is 0.500. The molecule has 2 heterocycles. The highest BCUT2D eigenvalue weighted by molar-refractivity contribution is 6.31. The standard InChI is InChI=1S/C18H21ClF2N4O3/c1-18(16(27)22-17(28)23-18)5-4-14(26)25-8-6-24(7-9-25)11-2-3-13(19)12(10-11)15(20)21/h2-3,10,15H,4-9H2,1H3,(H2,22,23,27,28). The molecule has 1 aromatic rings. The van der Waals surface area contributed by atoms with Crippen LogP contribution in [0, 0.1) is 0 Å². The van der Waals surface area contributed by atoms with E-state index in [4.69, 9.17) is 11.6 Å². The van der Waals surface area contributed by atoms with E-state index in [0.717, 1.165) is 0 Å². The third kappa shape index (κ3) is 4.19. The Bertz CT molecular complexity index is 799. The van der Waals surface area contributed by atoms with Crippen molar-refractivity contribution in [3.63, 3.8) is 0 Å². The van der Waals surface area contributed by atoms with Crippen LogP contribution in [0.1, 0.15) is 31.8 Å². The van der Waals surface area contributed by atoms with Crippen LogP contribution in [0.5, 0.6) is 0 Å². The zero-order chi connectivity index (χ0) is 20.5. The van der Waals surface area contributed by atoms with Gasteiger partial charge in [0.25, 0.3) is 12.3 Å². The number of anilines is 1. The molecular weight excluding hydrogens is 394 g/mol. The van der Waals surface area contributed by atoms with Gasteiger partial charge in [-0.15, -0.1) is 0 Å². The van der Waals surface area contributed by atoms with Crippen LogP contribution in [0.15, 0.2) is 18.2 Å². The number of amides is 4. The summed E-state index contributed by atoms with van der Waals surface area (Å²) in [6.07, 6.45) is -2.32. The van der Waals surface area contributed by atoms with E-state index in [1.807, 2.05) is 4.90 Å². The molecule has 28 heavy (non-hydrogen) atoms. The molecule has 10 heteroatoms. The molecule has 1 aromatic carbocycles. The number of piperazine rings is 1. The molecule has 2 fully saturated rings. The zero-order valence-electron chi connectivity index (χ0n) is 15.3. The minimum Gasteiger partial charge on any atom is -0.368 e. The highest BCUT2D eigenvalue weighted by Gasteiger charge is 2.42. The Kier molecular flexibility index (Phi) is 5.74. The van der Waals surface area contributed by atoms with E-state index in [9.17, 15) is 23.2 Å². The normalized spacial score (nSPS) is 22.5. The number of rotatable bonds is 5. The Morgan fingerprint density at radius 2 is 1.93 bits per heavy atom. The van der Waals surface area contributed by atoms with E-state index in [2.05, 4.69) is 10.6 Å². The molecule has 0 bridgehead atoms. The summed E-state index contributed by atoms with van der Waals surface area (Å²) >= 11 is 5.81. The first-order valence-corrected chi connectivity index (χ1v) is 9.31. The van der Waals surface area contributed by atoms with Crippen LogP contribution in [0.3, 0.4) is 0 Å². The average molecular weight is 415 g/mol. The van der Waals surface area contributed by atoms with Crippen molar-refractivity contribution in [3.8, 4) is 0 Å². The molecule has 0 spiro atoms. The van der Waals surface area contributed by atoms with Gasteiger partial charge in [0.2, 0.25) is 5.91 Å². The molecule has 1 unspecified atom stereocenters. The Morgan fingerprint density at radius 1 is 1.25 bits per heavy atom. The number of alkyl halides is 2. The van der Waals surface area contributed by atoms with Crippen molar-refractivity contribution >= 4 is 35.1 Å². The Morgan fingerprint density at radius 3 is 2.50 bits per heavy atom. The Labute approximate surface area is 166 Å². The monoisotopic (exact) mass is 414 g/mol. The molecule has 7 nitrogen and oxygen atoms in total. The van der Waals surface area contributed by atoms with E-state index in [0.29, 0.717) is 31.9 Å². The molecule has 2 aliphatic rings. The number of carbonyl (C=O) groups excluding carboxylic acids is 3. The molecule has 2 N–H and O–H groups in total. The van der Waals surface area contributed by atoms with Crippen LogP contribution >= 0.6 is 11.6 Å². The molecule has 152 valence electrons. The fourth-order valence-corrected chi connectivity index (χ4v) is 3.58. The summed E-state index contributed by atoms with van der Waals surface area (Å²) in [6.45, 7) is 3.48. The quantitative estimate of drug-likeness (QED) is 0.724. The van der Waals surface area contributed by atoms with Gasteiger partial charge in [-0.25, -0.2) is 13.6 Å². The summed E-state index contributed by atoms with van der Waals surface area (Å²) in [5.41, 5.74) is -0.642. The first-order chi connectivity index (χ1) is 13.2. The van der Waals surface area contributed by atoms with Gasteiger partial charge in [-0.1, -0.05) is 11.6 Å². The lowest BCUT2D eigenvalue weighted by atomic mass is 9.96. The maximum atomic E-state index is 13.0. The smallest absolute Gasteiger partial charge is 0.322 e. The molecule has 0 radical (unpaired) electrons. The summed E-state index contributed by atoms with van der Waals surface area (Å²) in [5.74, 6) is -0.549. The molecule has 2 saturated heterocycles. The van der Waals surface area contributed by atoms with Crippen molar-refractivity contribution in [2.24, 2.45) is 0 Å². The predicted molar refractivity (Wildman–Crippen MR) is 99.5 cm³/mol. The van der Waals surface area contributed by atoms with E-state index < -0.39 is 23.9 Å². The minimum atomic E-state index is -2.65. The molecule has 0 aliphatic carbocycles. The molecule has 2 aliphatic heterocycles. The topological polar surface area (TPSA) is 81.8 Å². The van der Waals surface area contributed by atoms with Crippen LogP contribution in [0.2, 0.25) is 5.02 Å². The molecule has 4 amide bonds. The molecule has 0 aromatic heterocycles. The summed E-state index contributed by atoms with van der Waals surface area (Å²) < 4.78 is 26.1. The Balaban J connectivity index is 1.54. The maximum absolute atomic E-state index is 13.0. The maximum Gasteiger partial charge on any atom is 0.322 e. The van der Waals surface area contributed by atoms with Gasteiger partial charge in [-0.05, 0) is 31.5 Å². The number of imide groups is 1. The second-order valence-electron chi connectivity index (χ2n) is 7.11. The summed E-state index contributed by atoms with van der Waals surface area (Å²) in [5, 5.41) is 4.73. The number of halogens is 3. The molecule has 1 atom stereocenters. The van der Waals surface area contributed by atoms with Crippen molar-refractivity contribution in [1.82, 2.24) is 15.5 Å². The lowest BCUT2D eigenvalue weighted by molar-refractivity contribution is -0.132. The summed E-state index contributed by atoms with van der Waals surface area (Å²) in [4.78, 5) is 39.2. The fourth-order valence-electron chi connectivity index (χ4n) is 3.38. The van der Waals surface area contributed by atoms with E-state index in [-0.39, 0.29) is 29.3 Å². The largest absolute Gasteiger partial charge is 0.368 e. The van der Waals surface area contributed by atoms with Crippen LogP contribution in [-0.2, 0) is 9.59 Å². The lowest BCUT2D eigenvalue weighted by Crippen LogP contribution is -2.50. The van der Waals surface area contributed by atoms with Gasteiger partial charge in [-0.3, -0.25) is 14.9 Å². The SMILES string of the molecule is CC1(CCC(=O)N2CCN(c3ccc(Cl)c(C(F)F)c3)CC2)NC(=O)NC1=O. The number of carbonyl (C=O) groups is 3. The van der Waals surface area contributed by atoms with Gasteiger partial charge in [0.05, 0.1) is 0 Å². The Hall–Kier alpha value is -2.42. The number of urea groups is 1. The second kappa shape index (κ2) is 7.90. The number of nitrogens with one attached hydrogen (secondary N) is 2.